The zero-order valence-electron chi connectivity index (χ0n) is 6.30. The van der Waals surface area contributed by atoms with Gasteiger partial charge in [0.1, 0.15) is 6.07 Å². The lowest BCUT2D eigenvalue weighted by molar-refractivity contribution is -0.219. The number of rotatable bonds is 0. The van der Waals surface area contributed by atoms with E-state index in [4.69, 9.17) is 5.26 Å². The van der Waals surface area contributed by atoms with Crippen molar-refractivity contribution in [3.8, 4) is 6.07 Å². The van der Waals surface area contributed by atoms with Crippen LogP contribution in [0.3, 0.4) is 0 Å². The SMILES string of the molecule is N#CC1(F)CC(F)(F)C(F)(F)C1(F)Cl. The molecule has 0 heterocycles. The molecular weight excluding hydrogens is 236 g/mol. The summed E-state index contributed by atoms with van der Waals surface area (Å²) in [6.07, 6.45) is -2.26. The van der Waals surface area contributed by atoms with E-state index in [0.717, 1.165) is 0 Å². The van der Waals surface area contributed by atoms with Crippen LogP contribution in [-0.2, 0) is 0 Å². The Morgan fingerprint density at radius 3 is 1.64 bits per heavy atom. The van der Waals surface area contributed by atoms with E-state index in [1.165, 1.54) is 0 Å². The maximum Gasteiger partial charge on any atom is 0.361 e. The number of nitrogens with zero attached hydrogens (tertiary/aromatic N) is 1. The largest absolute Gasteiger partial charge is 0.361 e. The molecule has 2 atom stereocenters. The normalized spacial score (nSPS) is 44.7. The van der Waals surface area contributed by atoms with Crippen LogP contribution in [0.2, 0.25) is 0 Å². The lowest BCUT2D eigenvalue weighted by atomic mass is 10.0. The molecule has 0 amide bonds. The summed E-state index contributed by atoms with van der Waals surface area (Å²) < 4.78 is 75.8. The van der Waals surface area contributed by atoms with Crippen molar-refractivity contribution >= 4 is 11.6 Å². The molecule has 1 rings (SSSR count). The highest BCUT2D eigenvalue weighted by Crippen LogP contribution is 2.63. The van der Waals surface area contributed by atoms with Crippen molar-refractivity contribution in [3.63, 3.8) is 0 Å². The Kier molecular flexibility index (Phi) is 2.03. The lowest BCUT2D eigenvalue weighted by Crippen LogP contribution is -2.51. The van der Waals surface area contributed by atoms with Crippen molar-refractivity contribution < 1.29 is 26.3 Å². The molecule has 0 aliphatic heterocycles. The smallest absolute Gasteiger partial charge is 0.222 e. The number of nitriles is 1. The van der Waals surface area contributed by atoms with Gasteiger partial charge in [0.15, 0.2) is 0 Å². The van der Waals surface area contributed by atoms with Gasteiger partial charge in [-0.25, -0.2) is 8.78 Å². The van der Waals surface area contributed by atoms with Crippen LogP contribution in [0.1, 0.15) is 6.42 Å². The van der Waals surface area contributed by atoms with Crippen LogP contribution in [0.5, 0.6) is 0 Å². The zero-order valence-corrected chi connectivity index (χ0v) is 7.06. The summed E-state index contributed by atoms with van der Waals surface area (Å²) in [4.78, 5) is 0. The zero-order chi connectivity index (χ0) is 11.4. The molecule has 0 saturated heterocycles. The van der Waals surface area contributed by atoms with Crippen LogP contribution in [0.4, 0.5) is 26.3 Å². The van der Waals surface area contributed by atoms with Gasteiger partial charge in [0.2, 0.25) is 0 Å². The summed E-state index contributed by atoms with van der Waals surface area (Å²) in [6.45, 7) is 0. The fourth-order valence-electron chi connectivity index (χ4n) is 1.12. The van der Waals surface area contributed by atoms with Crippen LogP contribution >= 0.6 is 11.6 Å². The van der Waals surface area contributed by atoms with Crippen LogP contribution in [0, 0.1) is 11.3 Å². The van der Waals surface area contributed by atoms with Crippen molar-refractivity contribution in [3.05, 3.63) is 0 Å². The Hall–Kier alpha value is -0.640. The molecule has 1 saturated carbocycles. The third-order valence-electron chi connectivity index (χ3n) is 1.99. The minimum absolute atomic E-state index is 0.408. The minimum atomic E-state index is -5.41. The highest BCUT2D eigenvalue weighted by atomic mass is 35.5. The molecule has 8 heteroatoms. The predicted octanol–water partition coefficient (Wildman–Crippen LogP) is 2.80. The van der Waals surface area contributed by atoms with Gasteiger partial charge in [-0.15, -0.1) is 0 Å². The predicted molar refractivity (Wildman–Crippen MR) is 33.7 cm³/mol. The summed E-state index contributed by atoms with van der Waals surface area (Å²) in [7, 11) is 0. The van der Waals surface area contributed by atoms with E-state index in [1.54, 1.807) is 0 Å². The molecule has 0 bridgehead atoms. The number of halogens is 7. The number of hydrogen-bond donors (Lipinski definition) is 0. The first-order valence-electron chi connectivity index (χ1n) is 3.25. The molecule has 2 unspecified atom stereocenters. The summed E-state index contributed by atoms with van der Waals surface area (Å²) in [5, 5.41) is 3.30. The van der Waals surface area contributed by atoms with Gasteiger partial charge in [0, 0.05) is 0 Å². The molecule has 14 heavy (non-hydrogen) atoms. The Morgan fingerprint density at radius 2 is 1.50 bits per heavy atom. The van der Waals surface area contributed by atoms with Crippen LogP contribution < -0.4 is 0 Å². The molecule has 0 aromatic carbocycles. The van der Waals surface area contributed by atoms with E-state index < -0.39 is 29.1 Å². The molecule has 80 valence electrons. The van der Waals surface area contributed by atoms with Crippen LogP contribution in [-0.4, -0.2) is 22.6 Å². The van der Waals surface area contributed by atoms with Gasteiger partial charge in [-0.2, -0.15) is 22.8 Å². The van der Waals surface area contributed by atoms with Crippen LogP contribution in [0.25, 0.3) is 0 Å². The molecule has 0 N–H and O–H groups in total. The van der Waals surface area contributed by atoms with Gasteiger partial charge in [-0.3, -0.25) is 0 Å². The quantitative estimate of drug-likeness (QED) is 0.469. The summed E-state index contributed by atoms with van der Waals surface area (Å²) in [6, 6.07) is 0.408. The first kappa shape index (κ1) is 11.4. The molecular formula is C6H2ClF6N. The topological polar surface area (TPSA) is 23.8 Å². The Bertz CT molecular complexity index is 308. The second kappa shape index (κ2) is 2.48. The second-order valence-electron chi connectivity index (χ2n) is 2.94. The molecule has 1 aliphatic rings. The highest BCUT2D eigenvalue weighted by molar-refractivity contribution is 6.25. The molecule has 1 aliphatic carbocycles. The number of alkyl halides is 7. The van der Waals surface area contributed by atoms with Gasteiger partial charge >= 0.3 is 11.8 Å². The summed E-state index contributed by atoms with van der Waals surface area (Å²) in [5.41, 5.74) is -4.10. The first-order valence-corrected chi connectivity index (χ1v) is 3.63. The van der Waals surface area contributed by atoms with E-state index >= 15 is 0 Å². The molecule has 0 aromatic heterocycles. The van der Waals surface area contributed by atoms with Gasteiger partial charge in [-0.05, 0) is 0 Å². The first-order chi connectivity index (χ1) is 6.02. The minimum Gasteiger partial charge on any atom is -0.222 e. The van der Waals surface area contributed by atoms with Crippen molar-refractivity contribution in [2.75, 3.05) is 0 Å². The monoisotopic (exact) mass is 237 g/mol. The van der Waals surface area contributed by atoms with E-state index in [-0.39, 0.29) is 0 Å². The molecule has 0 radical (unpaired) electrons. The Balaban J connectivity index is 3.35. The van der Waals surface area contributed by atoms with Crippen molar-refractivity contribution in [2.45, 2.75) is 29.1 Å². The highest BCUT2D eigenvalue weighted by Gasteiger charge is 2.86. The van der Waals surface area contributed by atoms with Gasteiger partial charge in [-0.1, -0.05) is 11.6 Å². The van der Waals surface area contributed by atoms with E-state index in [2.05, 4.69) is 11.6 Å². The fraction of sp³-hybridized carbons (Fsp3) is 0.833. The van der Waals surface area contributed by atoms with E-state index in [9.17, 15) is 26.3 Å². The molecule has 0 aromatic rings. The second-order valence-corrected chi connectivity index (χ2v) is 3.46. The third kappa shape index (κ3) is 0.975. The molecule has 0 spiro atoms. The van der Waals surface area contributed by atoms with Crippen LogP contribution in [0.15, 0.2) is 0 Å². The third-order valence-corrected chi connectivity index (χ3v) is 2.53. The maximum absolute atomic E-state index is 13.0. The Morgan fingerprint density at radius 1 is 1.07 bits per heavy atom. The molecule has 1 fully saturated rings. The lowest BCUT2D eigenvalue weighted by Gasteiger charge is -2.26. The van der Waals surface area contributed by atoms with E-state index in [1.807, 2.05) is 0 Å². The fourth-order valence-corrected chi connectivity index (χ4v) is 1.36. The van der Waals surface area contributed by atoms with Gasteiger partial charge in [0.25, 0.3) is 10.8 Å². The maximum atomic E-state index is 13.0. The van der Waals surface area contributed by atoms with Gasteiger partial charge < -0.3 is 0 Å². The average Bonchev–Trinajstić information content (AvgIpc) is 2.09. The summed E-state index contributed by atoms with van der Waals surface area (Å²) in [5.74, 6) is -10.4. The average molecular weight is 238 g/mol. The van der Waals surface area contributed by atoms with Gasteiger partial charge in [0.05, 0.1) is 6.42 Å². The van der Waals surface area contributed by atoms with Crippen molar-refractivity contribution in [1.29, 1.82) is 5.26 Å². The number of hydrogen-bond acceptors (Lipinski definition) is 1. The van der Waals surface area contributed by atoms with E-state index in [0.29, 0.717) is 6.07 Å². The summed E-state index contributed by atoms with van der Waals surface area (Å²) >= 11 is 4.36. The molecule has 1 nitrogen and oxygen atoms in total. The Labute approximate surface area is 79.2 Å². The van der Waals surface area contributed by atoms with Crippen molar-refractivity contribution in [1.82, 2.24) is 0 Å². The standard InChI is InChI=1S/C6H2ClF6N/c7-5(11)3(8,2-14)1-4(9,10)6(5,12)13/h1H2. The van der Waals surface area contributed by atoms with Crippen molar-refractivity contribution in [2.24, 2.45) is 0 Å².